The second-order valence-electron chi connectivity index (χ2n) is 3.61. The van der Waals surface area contributed by atoms with Gasteiger partial charge in [0.2, 0.25) is 0 Å². The minimum absolute atomic E-state index is 0.396. The van der Waals surface area contributed by atoms with Crippen molar-refractivity contribution in [1.29, 1.82) is 0 Å². The fraction of sp³-hybridized carbons (Fsp3) is 0. The van der Waals surface area contributed by atoms with Crippen LogP contribution in [-0.2, 0) is 0 Å². The molecule has 1 N–H and O–H groups in total. The van der Waals surface area contributed by atoms with Gasteiger partial charge in [0.15, 0.2) is 0 Å². The first-order valence-corrected chi connectivity index (χ1v) is 4.98. The molecule has 0 saturated heterocycles. The number of aromatic amines is 1. The molecule has 0 aliphatic rings. The molecular formula is C12H7F2N3. The molecule has 0 radical (unpaired) electrons. The molecule has 3 nitrogen and oxygen atoms in total. The number of nitrogens with one attached hydrogen (secondary N) is 1. The SMILES string of the molecule is Fc1ccc(-c2c[nH]c3cc(F)cnc23)nc1. The summed E-state index contributed by atoms with van der Waals surface area (Å²) in [6.07, 6.45) is 3.96. The summed E-state index contributed by atoms with van der Waals surface area (Å²) in [4.78, 5) is 10.9. The standard InChI is InChI=1S/C12H7F2N3/c13-7-1-2-10(15-4-7)9-6-16-11-3-8(14)5-17-12(9)11/h1-6,16H. The molecule has 3 aromatic rings. The average Bonchev–Trinajstić information content (AvgIpc) is 2.73. The van der Waals surface area contributed by atoms with Crippen LogP contribution in [0.4, 0.5) is 8.78 Å². The molecule has 5 heteroatoms. The molecule has 3 rings (SSSR count). The van der Waals surface area contributed by atoms with Crippen LogP contribution in [-0.4, -0.2) is 15.0 Å². The predicted molar refractivity (Wildman–Crippen MR) is 59.2 cm³/mol. The van der Waals surface area contributed by atoms with Crippen molar-refractivity contribution >= 4 is 11.0 Å². The zero-order chi connectivity index (χ0) is 11.8. The van der Waals surface area contributed by atoms with E-state index in [1.54, 1.807) is 12.3 Å². The van der Waals surface area contributed by atoms with Gasteiger partial charge in [0.1, 0.15) is 11.6 Å². The number of rotatable bonds is 1. The smallest absolute Gasteiger partial charge is 0.143 e. The van der Waals surface area contributed by atoms with Gasteiger partial charge in [0.05, 0.1) is 29.1 Å². The van der Waals surface area contributed by atoms with Crippen molar-refractivity contribution in [2.24, 2.45) is 0 Å². The van der Waals surface area contributed by atoms with Crippen molar-refractivity contribution in [3.63, 3.8) is 0 Å². The van der Waals surface area contributed by atoms with Crippen LogP contribution in [0.3, 0.4) is 0 Å². The molecule has 0 bridgehead atoms. The Morgan fingerprint density at radius 3 is 2.59 bits per heavy atom. The third kappa shape index (κ3) is 1.65. The van der Waals surface area contributed by atoms with Crippen molar-refractivity contribution < 1.29 is 8.78 Å². The second-order valence-corrected chi connectivity index (χ2v) is 3.61. The first-order chi connectivity index (χ1) is 8.24. The zero-order valence-electron chi connectivity index (χ0n) is 8.61. The normalized spacial score (nSPS) is 10.9. The highest BCUT2D eigenvalue weighted by Gasteiger charge is 2.09. The Bertz CT molecular complexity index is 674. The summed E-state index contributed by atoms with van der Waals surface area (Å²) >= 11 is 0. The third-order valence-electron chi connectivity index (χ3n) is 2.48. The number of hydrogen-bond donors (Lipinski definition) is 1. The van der Waals surface area contributed by atoms with Crippen molar-refractivity contribution in [1.82, 2.24) is 15.0 Å². The quantitative estimate of drug-likeness (QED) is 0.699. The molecule has 17 heavy (non-hydrogen) atoms. The van der Waals surface area contributed by atoms with Gasteiger partial charge < -0.3 is 4.98 Å². The molecule has 0 aliphatic carbocycles. The van der Waals surface area contributed by atoms with Crippen LogP contribution in [0.5, 0.6) is 0 Å². The Morgan fingerprint density at radius 1 is 1.00 bits per heavy atom. The number of H-pyrrole nitrogens is 1. The average molecular weight is 231 g/mol. The molecule has 0 unspecified atom stereocenters. The largest absolute Gasteiger partial charge is 0.359 e. The summed E-state index contributed by atoms with van der Waals surface area (Å²) in [6.45, 7) is 0. The first-order valence-electron chi connectivity index (χ1n) is 4.98. The monoisotopic (exact) mass is 231 g/mol. The minimum atomic E-state index is -0.405. The van der Waals surface area contributed by atoms with E-state index in [-0.39, 0.29) is 0 Å². The molecule has 0 spiro atoms. The highest BCUT2D eigenvalue weighted by molar-refractivity contribution is 5.91. The van der Waals surface area contributed by atoms with E-state index in [2.05, 4.69) is 15.0 Å². The van der Waals surface area contributed by atoms with E-state index < -0.39 is 11.6 Å². The Kier molecular flexibility index (Phi) is 2.11. The zero-order valence-corrected chi connectivity index (χ0v) is 8.61. The fourth-order valence-electron chi connectivity index (χ4n) is 1.71. The van der Waals surface area contributed by atoms with E-state index >= 15 is 0 Å². The highest BCUT2D eigenvalue weighted by Crippen LogP contribution is 2.25. The Morgan fingerprint density at radius 2 is 1.82 bits per heavy atom. The van der Waals surface area contributed by atoms with Gasteiger partial charge in [-0.3, -0.25) is 9.97 Å². The van der Waals surface area contributed by atoms with Crippen LogP contribution in [0.15, 0.2) is 36.8 Å². The number of halogens is 2. The topological polar surface area (TPSA) is 41.6 Å². The van der Waals surface area contributed by atoms with Crippen LogP contribution in [0.25, 0.3) is 22.3 Å². The van der Waals surface area contributed by atoms with Crippen LogP contribution < -0.4 is 0 Å². The van der Waals surface area contributed by atoms with Crippen LogP contribution in [0.2, 0.25) is 0 Å². The van der Waals surface area contributed by atoms with Crippen molar-refractivity contribution in [2.45, 2.75) is 0 Å². The number of hydrogen-bond acceptors (Lipinski definition) is 2. The van der Waals surface area contributed by atoms with Gasteiger partial charge >= 0.3 is 0 Å². The third-order valence-corrected chi connectivity index (χ3v) is 2.48. The highest BCUT2D eigenvalue weighted by atomic mass is 19.1. The summed E-state index contributed by atoms with van der Waals surface area (Å²) in [7, 11) is 0. The summed E-state index contributed by atoms with van der Waals surface area (Å²) < 4.78 is 25.7. The number of nitrogens with zero attached hydrogens (tertiary/aromatic N) is 2. The Hall–Kier alpha value is -2.30. The molecule has 3 heterocycles. The molecular weight excluding hydrogens is 224 g/mol. The fourth-order valence-corrected chi connectivity index (χ4v) is 1.71. The molecule has 3 aromatic heterocycles. The molecule has 0 aromatic carbocycles. The first kappa shape index (κ1) is 9.89. The van der Waals surface area contributed by atoms with Gasteiger partial charge in [-0.15, -0.1) is 0 Å². The Labute approximate surface area is 95.1 Å². The van der Waals surface area contributed by atoms with E-state index in [9.17, 15) is 8.78 Å². The van der Waals surface area contributed by atoms with Gasteiger partial charge in [0.25, 0.3) is 0 Å². The number of aromatic nitrogens is 3. The van der Waals surface area contributed by atoms with Gasteiger partial charge in [-0.2, -0.15) is 0 Å². The van der Waals surface area contributed by atoms with Crippen LogP contribution in [0.1, 0.15) is 0 Å². The summed E-state index contributed by atoms with van der Waals surface area (Å²) in [5.41, 5.74) is 2.52. The number of pyridine rings is 2. The molecule has 0 aliphatic heterocycles. The lowest BCUT2D eigenvalue weighted by Gasteiger charge is -1.97. The maximum Gasteiger partial charge on any atom is 0.143 e. The lowest BCUT2D eigenvalue weighted by molar-refractivity contribution is 0.622. The van der Waals surface area contributed by atoms with Crippen molar-refractivity contribution in [3.8, 4) is 11.3 Å². The van der Waals surface area contributed by atoms with Gasteiger partial charge in [-0.25, -0.2) is 8.78 Å². The van der Waals surface area contributed by atoms with Crippen molar-refractivity contribution in [2.75, 3.05) is 0 Å². The van der Waals surface area contributed by atoms with E-state index in [4.69, 9.17) is 0 Å². The Balaban J connectivity index is 2.21. The van der Waals surface area contributed by atoms with Crippen LogP contribution in [0, 0.1) is 11.6 Å². The molecule has 0 saturated carbocycles. The van der Waals surface area contributed by atoms with E-state index in [0.29, 0.717) is 16.7 Å². The maximum absolute atomic E-state index is 13.0. The van der Waals surface area contributed by atoms with E-state index in [1.807, 2.05) is 0 Å². The predicted octanol–water partition coefficient (Wildman–Crippen LogP) is 2.90. The lowest BCUT2D eigenvalue weighted by Crippen LogP contribution is -1.85. The van der Waals surface area contributed by atoms with Gasteiger partial charge in [-0.05, 0) is 12.1 Å². The molecule has 0 amide bonds. The second kappa shape index (κ2) is 3.62. The maximum atomic E-state index is 13.0. The lowest BCUT2D eigenvalue weighted by atomic mass is 10.2. The van der Waals surface area contributed by atoms with Crippen molar-refractivity contribution in [3.05, 3.63) is 48.4 Å². The van der Waals surface area contributed by atoms with Gasteiger partial charge in [0, 0.05) is 17.8 Å². The molecule has 84 valence electrons. The summed E-state index contributed by atoms with van der Waals surface area (Å²) in [5, 5.41) is 0. The van der Waals surface area contributed by atoms with E-state index in [0.717, 1.165) is 18.0 Å². The summed E-state index contributed by atoms with van der Waals surface area (Å²) in [6, 6.07) is 4.24. The summed E-state index contributed by atoms with van der Waals surface area (Å²) in [5.74, 6) is -0.800. The van der Waals surface area contributed by atoms with Crippen LogP contribution >= 0.6 is 0 Å². The van der Waals surface area contributed by atoms with E-state index in [1.165, 1.54) is 12.1 Å². The van der Waals surface area contributed by atoms with Gasteiger partial charge in [-0.1, -0.05) is 0 Å². The minimum Gasteiger partial charge on any atom is -0.359 e. The molecule has 0 atom stereocenters. The molecule has 0 fully saturated rings. The number of fused-ring (bicyclic) bond motifs is 1.